The summed E-state index contributed by atoms with van der Waals surface area (Å²) in [6.07, 6.45) is 2.44. The monoisotopic (exact) mass is 423 g/mol. The van der Waals surface area contributed by atoms with Crippen molar-refractivity contribution in [3.05, 3.63) is 84.3 Å². The first-order valence-corrected chi connectivity index (χ1v) is 11.1. The summed E-state index contributed by atoms with van der Waals surface area (Å²) in [4.78, 5) is 12.5. The summed E-state index contributed by atoms with van der Waals surface area (Å²) in [5.41, 5.74) is 2.02. The number of rotatable bonds is 6. The first-order chi connectivity index (χ1) is 14.5. The van der Waals surface area contributed by atoms with Crippen LogP contribution in [0.4, 0.5) is 5.69 Å². The van der Waals surface area contributed by atoms with Crippen molar-refractivity contribution in [2.75, 3.05) is 4.72 Å². The van der Waals surface area contributed by atoms with E-state index >= 15 is 0 Å². The molecule has 1 aromatic heterocycles. The number of furan rings is 1. The fraction of sp³-hybridized carbons (Fsp3) is 0.182. The van der Waals surface area contributed by atoms with E-state index in [1.165, 1.54) is 17.1 Å². The van der Waals surface area contributed by atoms with Gasteiger partial charge < -0.3 is 4.42 Å². The number of hydrogen-bond acceptors (Lipinski definition) is 5. The second kappa shape index (κ2) is 8.16. The van der Waals surface area contributed by atoms with Gasteiger partial charge in [-0.2, -0.15) is 5.10 Å². The molecule has 0 fully saturated rings. The normalized spacial score (nSPS) is 16.4. The lowest BCUT2D eigenvalue weighted by atomic mass is 10.0. The van der Waals surface area contributed by atoms with Crippen molar-refractivity contribution >= 4 is 27.3 Å². The molecule has 1 aliphatic heterocycles. The lowest BCUT2D eigenvalue weighted by Gasteiger charge is -2.18. The van der Waals surface area contributed by atoms with Crippen molar-refractivity contribution in [3.8, 4) is 0 Å². The predicted octanol–water partition coefficient (Wildman–Crippen LogP) is 4.17. The number of anilines is 1. The highest BCUT2D eigenvalue weighted by atomic mass is 32.2. The number of sulfonamides is 1. The van der Waals surface area contributed by atoms with Crippen LogP contribution in [0.1, 0.15) is 37.1 Å². The third-order valence-corrected chi connectivity index (χ3v) is 6.26. The lowest BCUT2D eigenvalue weighted by molar-refractivity contribution is -0.133. The highest BCUT2D eigenvalue weighted by molar-refractivity contribution is 7.92. The minimum Gasteiger partial charge on any atom is -0.467 e. The Morgan fingerprint density at radius 1 is 1.10 bits per heavy atom. The molecule has 0 unspecified atom stereocenters. The summed E-state index contributed by atoms with van der Waals surface area (Å²) in [5.74, 6) is 0.599. The molecule has 1 amide bonds. The van der Waals surface area contributed by atoms with Gasteiger partial charge in [-0.25, -0.2) is 13.4 Å². The highest BCUT2D eigenvalue weighted by Crippen LogP contribution is 2.33. The zero-order valence-electron chi connectivity index (χ0n) is 16.4. The van der Waals surface area contributed by atoms with Crippen LogP contribution in [-0.4, -0.2) is 25.0 Å². The Morgan fingerprint density at radius 2 is 1.83 bits per heavy atom. The molecule has 30 heavy (non-hydrogen) atoms. The molecule has 8 heteroatoms. The minimum absolute atomic E-state index is 0.0846. The molecule has 0 saturated heterocycles. The Bertz CT molecular complexity index is 1150. The van der Waals surface area contributed by atoms with Gasteiger partial charge in [0, 0.05) is 18.5 Å². The quantitative estimate of drug-likeness (QED) is 0.644. The molecule has 7 nitrogen and oxygen atoms in total. The van der Waals surface area contributed by atoms with E-state index in [1.807, 2.05) is 6.07 Å². The van der Waals surface area contributed by atoms with Gasteiger partial charge in [-0.1, -0.05) is 37.3 Å². The number of amides is 1. The molecule has 0 spiro atoms. The van der Waals surface area contributed by atoms with Crippen LogP contribution in [0.15, 0.2) is 87.4 Å². The van der Waals surface area contributed by atoms with Crippen LogP contribution in [0.5, 0.6) is 0 Å². The van der Waals surface area contributed by atoms with Crippen molar-refractivity contribution in [2.24, 2.45) is 5.10 Å². The Kier molecular flexibility index (Phi) is 5.41. The smallest absolute Gasteiger partial charge is 0.261 e. The summed E-state index contributed by atoms with van der Waals surface area (Å²) in [5, 5.41) is 5.99. The Morgan fingerprint density at radius 3 is 2.47 bits per heavy atom. The fourth-order valence-corrected chi connectivity index (χ4v) is 4.40. The van der Waals surface area contributed by atoms with Crippen LogP contribution in [0.2, 0.25) is 0 Å². The van der Waals surface area contributed by atoms with Gasteiger partial charge in [0.2, 0.25) is 5.91 Å². The van der Waals surface area contributed by atoms with Crippen molar-refractivity contribution in [3.63, 3.8) is 0 Å². The molecule has 154 valence electrons. The molecule has 1 N–H and O–H groups in total. The number of hydrogen-bond donors (Lipinski definition) is 1. The number of carbonyl (C=O) groups is 1. The molecule has 2 heterocycles. The average molecular weight is 423 g/mol. The van der Waals surface area contributed by atoms with E-state index in [1.54, 1.807) is 61.7 Å². The molecule has 2 aromatic carbocycles. The van der Waals surface area contributed by atoms with Gasteiger partial charge >= 0.3 is 0 Å². The van der Waals surface area contributed by atoms with Crippen molar-refractivity contribution in [1.29, 1.82) is 0 Å². The standard InChI is InChI=1S/C22H21N3O4S/c1-2-22(26)25-20(21-9-6-14-29-21)15-19(23-25)16-10-12-17(13-11-16)24-30(27,28)18-7-4-3-5-8-18/h3-14,20,24H,2,15H2,1H3/t20-/m1/s1. The van der Waals surface area contributed by atoms with E-state index in [2.05, 4.69) is 9.82 Å². The molecule has 0 saturated carbocycles. The SMILES string of the molecule is CCC(=O)N1N=C(c2ccc(NS(=O)(=O)c3ccccc3)cc2)C[C@@H]1c1ccco1. The van der Waals surface area contributed by atoms with Crippen LogP contribution < -0.4 is 4.72 Å². The zero-order valence-corrected chi connectivity index (χ0v) is 17.2. The zero-order chi connectivity index (χ0) is 21.1. The number of nitrogens with one attached hydrogen (secondary N) is 1. The molecule has 0 bridgehead atoms. The maximum absolute atomic E-state index is 12.5. The predicted molar refractivity (Wildman–Crippen MR) is 113 cm³/mol. The van der Waals surface area contributed by atoms with Crippen molar-refractivity contribution in [2.45, 2.75) is 30.7 Å². The fourth-order valence-electron chi connectivity index (χ4n) is 3.32. The molecule has 1 atom stereocenters. The summed E-state index contributed by atoms with van der Waals surface area (Å²) < 4.78 is 33.0. The van der Waals surface area contributed by atoms with Crippen LogP contribution in [0.3, 0.4) is 0 Å². The Balaban J connectivity index is 1.54. The van der Waals surface area contributed by atoms with Gasteiger partial charge in [0.1, 0.15) is 11.8 Å². The molecular formula is C22H21N3O4S. The topological polar surface area (TPSA) is 92.0 Å². The minimum atomic E-state index is -3.65. The first kappa shape index (κ1) is 19.9. The van der Waals surface area contributed by atoms with Gasteiger partial charge in [-0.15, -0.1) is 0 Å². The van der Waals surface area contributed by atoms with Crippen LogP contribution in [0, 0.1) is 0 Å². The second-order valence-electron chi connectivity index (χ2n) is 6.87. The van der Waals surface area contributed by atoms with E-state index in [0.717, 1.165) is 11.3 Å². The first-order valence-electron chi connectivity index (χ1n) is 9.59. The molecule has 3 aromatic rings. The van der Waals surface area contributed by atoms with E-state index < -0.39 is 10.0 Å². The van der Waals surface area contributed by atoms with Crippen LogP contribution in [-0.2, 0) is 14.8 Å². The maximum Gasteiger partial charge on any atom is 0.261 e. The third kappa shape index (κ3) is 3.99. The van der Waals surface area contributed by atoms with Crippen LogP contribution >= 0.6 is 0 Å². The van der Waals surface area contributed by atoms with Crippen LogP contribution in [0.25, 0.3) is 0 Å². The van der Waals surface area contributed by atoms with E-state index in [-0.39, 0.29) is 16.8 Å². The number of hydrazone groups is 1. The van der Waals surface area contributed by atoms with E-state index in [4.69, 9.17) is 4.42 Å². The van der Waals surface area contributed by atoms with Gasteiger partial charge in [0.25, 0.3) is 10.0 Å². The third-order valence-electron chi connectivity index (χ3n) is 4.86. The molecule has 1 aliphatic rings. The molecule has 0 aliphatic carbocycles. The molecular weight excluding hydrogens is 402 g/mol. The largest absolute Gasteiger partial charge is 0.467 e. The lowest BCUT2D eigenvalue weighted by Crippen LogP contribution is -2.25. The van der Waals surface area contributed by atoms with E-state index in [9.17, 15) is 13.2 Å². The number of carbonyl (C=O) groups excluding carboxylic acids is 1. The molecule has 4 rings (SSSR count). The summed E-state index contributed by atoms with van der Waals surface area (Å²) in [6.45, 7) is 1.79. The highest BCUT2D eigenvalue weighted by Gasteiger charge is 2.34. The van der Waals surface area contributed by atoms with Gasteiger partial charge in [-0.3, -0.25) is 9.52 Å². The van der Waals surface area contributed by atoms with Gasteiger partial charge in [-0.05, 0) is 42.0 Å². The van der Waals surface area contributed by atoms with E-state index in [0.29, 0.717) is 24.3 Å². The molecule has 0 radical (unpaired) electrons. The Labute approximate surface area is 175 Å². The summed E-state index contributed by atoms with van der Waals surface area (Å²) >= 11 is 0. The number of nitrogens with zero attached hydrogens (tertiary/aromatic N) is 2. The van der Waals surface area contributed by atoms with Gasteiger partial charge in [0.15, 0.2) is 0 Å². The summed E-state index contributed by atoms with van der Waals surface area (Å²) in [6, 6.07) is 18.5. The van der Waals surface area contributed by atoms with Crippen molar-refractivity contribution < 1.29 is 17.6 Å². The Hall–Kier alpha value is -3.39. The second-order valence-corrected chi connectivity index (χ2v) is 8.55. The maximum atomic E-state index is 12.5. The summed E-state index contributed by atoms with van der Waals surface area (Å²) in [7, 11) is -3.65. The van der Waals surface area contributed by atoms with Gasteiger partial charge in [0.05, 0.1) is 16.9 Å². The number of benzene rings is 2. The average Bonchev–Trinajstić information content (AvgIpc) is 3.44. The van der Waals surface area contributed by atoms with Crippen molar-refractivity contribution in [1.82, 2.24) is 5.01 Å².